The van der Waals surface area contributed by atoms with Gasteiger partial charge in [0.15, 0.2) is 0 Å². The molecule has 1 aliphatic carbocycles. The standard InChI is InChI=1S/C17H24BrN/c18-16-10-8-15(9-11-16)17-7-4-12-19(17)13-14-5-2-1-3-6-14/h8-11,14,17H,1-7,12-13H2. The fourth-order valence-corrected chi connectivity index (χ4v) is 4.07. The molecule has 2 heteroatoms. The summed E-state index contributed by atoms with van der Waals surface area (Å²) < 4.78 is 1.19. The fraction of sp³-hybridized carbons (Fsp3) is 0.647. The lowest BCUT2D eigenvalue weighted by atomic mass is 9.88. The van der Waals surface area contributed by atoms with Crippen molar-refractivity contribution >= 4 is 15.9 Å². The number of nitrogens with zero attached hydrogens (tertiary/aromatic N) is 1. The number of hydrogen-bond acceptors (Lipinski definition) is 1. The molecule has 0 N–H and O–H groups in total. The molecule has 104 valence electrons. The molecule has 1 saturated carbocycles. The molecule has 2 aliphatic rings. The zero-order valence-electron chi connectivity index (χ0n) is 11.7. The van der Waals surface area contributed by atoms with Crippen molar-refractivity contribution in [2.75, 3.05) is 13.1 Å². The normalized spacial score (nSPS) is 25.8. The molecule has 1 atom stereocenters. The zero-order chi connectivity index (χ0) is 13.1. The Morgan fingerprint density at radius 3 is 2.42 bits per heavy atom. The van der Waals surface area contributed by atoms with Gasteiger partial charge in [-0.05, 0) is 55.8 Å². The Morgan fingerprint density at radius 2 is 1.68 bits per heavy atom. The van der Waals surface area contributed by atoms with Crippen LogP contribution in [0.4, 0.5) is 0 Å². The van der Waals surface area contributed by atoms with Crippen LogP contribution in [-0.4, -0.2) is 18.0 Å². The summed E-state index contributed by atoms with van der Waals surface area (Å²) in [5.74, 6) is 0.963. The maximum atomic E-state index is 3.54. The minimum absolute atomic E-state index is 0.676. The van der Waals surface area contributed by atoms with E-state index in [1.807, 2.05) is 0 Å². The third-order valence-electron chi connectivity index (χ3n) is 4.84. The molecule has 0 spiro atoms. The van der Waals surface area contributed by atoms with Crippen LogP contribution >= 0.6 is 15.9 Å². The van der Waals surface area contributed by atoms with Crippen LogP contribution in [0, 0.1) is 5.92 Å². The largest absolute Gasteiger partial charge is 0.296 e. The third kappa shape index (κ3) is 3.41. The van der Waals surface area contributed by atoms with Gasteiger partial charge in [0.05, 0.1) is 0 Å². The average Bonchev–Trinajstić information content (AvgIpc) is 2.89. The zero-order valence-corrected chi connectivity index (χ0v) is 13.2. The molecule has 1 unspecified atom stereocenters. The van der Waals surface area contributed by atoms with Gasteiger partial charge in [-0.2, -0.15) is 0 Å². The van der Waals surface area contributed by atoms with E-state index in [1.54, 1.807) is 0 Å². The van der Waals surface area contributed by atoms with Crippen molar-refractivity contribution < 1.29 is 0 Å². The van der Waals surface area contributed by atoms with Crippen LogP contribution in [0.15, 0.2) is 28.7 Å². The van der Waals surface area contributed by atoms with E-state index in [4.69, 9.17) is 0 Å². The first-order valence-corrected chi connectivity index (χ1v) is 8.62. The van der Waals surface area contributed by atoms with Crippen LogP contribution in [0.1, 0.15) is 56.6 Å². The summed E-state index contributed by atoms with van der Waals surface area (Å²) in [6, 6.07) is 9.65. The quantitative estimate of drug-likeness (QED) is 0.742. The molecule has 0 bridgehead atoms. The lowest BCUT2D eigenvalue weighted by Gasteiger charge is -2.31. The van der Waals surface area contributed by atoms with E-state index in [2.05, 4.69) is 45.1 Å². The maximum Gasteiger partial charge on any atom is 0.0348 e. The van der Waals surface area contributed by atoms with Crippen molar-refractivity contribution in [1.82, 2.24) is 4.90 Å². The Bertz CT molecular complexity index is 394. The van der Waals surface area contributed by atoms with Crippen LogP contribution < -0.4 is 0 Å². The van der Waals surface area contributed by atoms with Crippen LogP contribution in [0.25, 0.3) is 0 Å². The molecule has 1 aromatic carbocycles. The summed E-state index contributed by atoms with van der Waals surface area (Å²) in [5.41, 5.74) is 1.51. The predicted octanol–water partition coefficient (Wildman–Crippen LogP) is 5.17. The number of rotatable bonds is 3. The fourth-order valence-electron chi connectivity index (χ4n) is 3.81. The van der Waals surface area contributed by atoms with Crippen molar-refractivity contribution in [1.29, 1.82) is 0 Å². The van der Waals surface area contributed by atoms with Crippen LogP contribution in [0.3, 0.4) is 0 Å². The van der Waals surface area contributed by atoms with Gasteiger partial charge in [-0.1, -0.05) is 47.3 Å². The van der Waals surface area contributed by atoms with E-state index in [9.17, 15) is 0 Å². The van der Waals surface area contributed by atoms with Crippen LogP contribution in [0.5, 0.6) is 0 Å². The van der Waals surface area contributed by atoms with Gasteiger partial charge in [-0.25, -0.2) is 0 Å². The van der Waals surface area contributed by atoms with Crippen molar-refractivity contribution in [3.63, 3.8) is 0 Å². The molecule has 1 aromatic rings. The molecule has 19 heavy (non-hydrogen) atoms. The van der Waals surface area contributed by atoms with Gasteiger partial charge in [0.1, 0.15) is 0 Å². The summed E-state index contributed by atoms with van der Waals surface area (Å²) in [7, 11) is 0. The number of hydrogen-bond donors (Lipinski definition) is 0. The second kappa shape index (κ2) is 6.41. The van der Waals surface area contributed by atoms with Gasteiger partial charge in [0, 0.05) is 17.1 Å². The number of likely N-dealkylation sites (tertiary alicyclic amines) is 1. The topological polar surface area (TPSA) is 3.24 Å². The Labute approximate surface area is 125 Å². The lowest BCUT2D eigenvalue weighted by Crippen LogP contribution is -2.30. The Hall–Kier alpha value is -0.340. The van der Waals surface area contributed by atoms with E-state index in [0.29, 0.717) is 6.04 Å². The molecule has 0 aromatic heterocycles. The van der Waals surface area contributed by atoms with E-state index >= 15 is 0 Å². The smallest absolute Gasteiger partial charge is 0.0348 e. The summed E-state index contributed by atoms with van der Waals surface area (Å²) >= 11 is 3.54. The minimum Gasteiger partial charge on any atom is -0.296 e. The van der Waals surface area contributed by atoms with Crippen LogP contribution in [-0.2, 0) is 0 Å². The summed E-state index contributed by atoms with van der Waals surface area (Å²) in [6.45, 7) is 2.64. The van der Waals surface area contributed by atoms with Gasteiger partial charge < -0.3 is 0 Å². The second-order valence-electron chi connectivity index (χ2n) is 6.21. The maximum absolute atomic E-state index is 3.54. The van der Waals surface area contributed by atoms with Crippen molar-refractivity contribution in [3.05, 3.63) is 34.3 Å². The van der Waals surface area contributed by atoms with Crippen LogP contribution in [0.2, 0.25) is 0 Å². The van der Waals surface area contributed by atoms with Gasteiger partial charge in [0.25, 0.3) is 0 Å². The SMILES string of the molecule is Brc1ccc(C2CCCN2CC2CCCCC2)cc1. The Kier molecular flexibility index (Phi) is 4.60. The number of benzene rings is 1. The van der Waals surface area contributed by atoms with Gasteiger partial charge >= 0.3 is 0 Å². The third-order valence-corrected chi connectivity index (χ3v) is 5.36. The van der Waals surface area contributed by atoms with Crippen molar-refractivity contribution in [2.24, 2.45) is 5.92 Å². The molecular formula is C17H24BrN. The van der Waals surface area contributed by atoms with Crippen molar-refractivity contribution in [3.8, 4) is 0 Å². The lowest BCUT2D eigenvalue weighted by molar-refractivity contribution is 0.188. The predicted molar refractivity (Wildman–Crippen MR) is 84.3 cm³/mol. The average molecular weight is 322 g/mol. The summed E-state index contributed by atoms with van der Waals surface area (Å²) in [6.07, 6.45) is 10.0. The second-order valence-corrected chi connectivity index (χ2v) is 7.12. The first kappa shape index (κ1) is 13.6. The first-order valence-electron chi connectivity index (χ1n) is 7.82. The minimum atomic E-state index is 0.676. The summed E-state index contributed by atoms with van der Waals surface area (Å²) in [5, 5.41) is 0. The van der Waals surface area contributed by atoms with Gasteiger partial charge in [-0.15, -0.1) is 0 Å². The Balaban J connectivity index is 1.65. The molecule has 1 nitrogen and oxygen atoms in total. The van der Waals surface area contributed by atoms with Gasteiger partial charge in [-0.3, -0.25) is 4.90 Å². The molecule has 0 amide bonds. The molecule has 3 rings (SSSR count). The molecule has 1 heterocycles. The molecule has 1 saturated heterocycles. The molecule has 2 fully saturated rings. The molecule has 1 aliphatic heterocycles. The van der Waals surface area contributed by atoms with Gasteiger partial charge in [0.2, 0.25) is 0 Å². The van der Waals surface area contributed by atoms with E-state index in [1.165, 1.54) is 68.1 Å². The highest BCUT2D eigenvalue weighted by Gasteiger charge is 2.28. The van der Waals surface area contributed by atoms with E-state index < -0.39 is 0 Å². The van der Waals surface area contributed by atoms with E-state index in [-0.39, 0.29) is 0 Å². The molecule has 0 radical (unpaired) electrons. The van der Waals surface area contributed by atoms with Crippen molar-refractivity contribution in [2.45, 2.75) is 51.0 Å². The highest BCUT2D eigenvalue weighted by molar-refractivity contribution is 9.10. The highest BCUT2D eigenvalue weighted by Crippen LogP contribution is 2.35. The summed E-state index contributed by atoms with van der Waals surface area (Å²) in [4.78, 5) is 2.75. The van der Waals surface area contributed by atoms with E-state index in [0.717, 1.165) is 5.92 Å². The highest BCUT2D eigenvalue weighted by atomic mass is 79.9. The number of halogens is 1. The Morgan fingerprint density at radius 1 is 0.947 bits per heavy atom. The molecular weight excluding hydrogens is 298 g/mol. The first-order chi connectivity index (χ1) is 9.33. The monoisotopic (exact) mass is 321 g/mol.